The van der Waals surface area contributed by atoms with E-state index in [1.807, 2.05) is 31.2 Å². The van der Waals surface area contributed by atoms with Crippen LogP contribution in [0.3, 0.4) is 0 Å². The molecule has 0 aliphatic carbocycles. The van der Waals surface area contributed by atoms with Crippen LogP contribution in [0.4, 0.5) is 5.82 Å². The molecule has 0 spiro atoms. The first-order chi connectivity index (χ1) is 17.0. The molecule has 0 fully saturated rings. The Morgan fingerprint density at radius 2 is 1.60 bits per heavy atom. The van der Waals surface area contributed by atoms with Gasteiger partial charge in [-0.2, -0.15) is 0 Å². The highest BCUT2D eigenvalue weighted by Gasteiger charge is 2.21. The van der Waals surface area contributed by atoms with Crippen molar-refractivity contribution < 1.29 is 18.7 Å². The lowest BCUT2D eigenvalue weighted by Crippen LogP contribution is -2.30. The first kappa shape index (κ1) is 21.9. The van der Waals surface area contributed by atoms with Crippen LogP contribution in [0.1, 0.15) is 22.8 Å². The second kappa shape index (κ2) is 9.14. The third-order valence-electron chi connectivity index (χ3n) is 5.21. The molecule has 5 aromatic rings. The molecule has 35 heavy (non-hydrogen) atoms. The molecule has 0 aliphatic rings. The number of anilines is 1. The number of carbonyl (C=O) groups excluding carboxylic acids is 2. The van der Waals surface area contributed by atoms with Gasteiger partial charge in [-0.1, -0.05) is 17.7 Å². The van der Waals surface area contributed by atoms with Crippen LogP contribution >= 0.6 is 0 Å². The first-order valence-electron chi connectivity index (χ1n) is 10.6. The number of esters is 1. The molecule has 3 heterocycles. The number of imidazole rings is 1. The van der Waals surface area contributed by atoms with Gasteiger partial charge in [0.05, 0.1) is 11.9 Å². The zero-order chi connectivity index (χ0) is 24.4. The number of aryl methyl sites for hydroxylation is 1. The number of nitrogens with zero attached hydrogens (tertiary/aromatic N) is 5. The van der Waals surface area contributed by atoms with E-state index in [1.54, 1.807) is 24.3 Å². The van der Waals surface area contributed by atoms with Gasteiger partial charge in [-0.25, -0.2) is 19.7 Å². The number of rotatable bonds is 6. The van der Waals surface area contributed by atoms with Crippen molar-refractivity contribution in [3.63, 3.8) is 0 Å². The molecule has 0 saturated carbocycles. The van der Waals surface area contributed by atoms with Gasteiger partial charge in [-0.05, 0) is 50.2 Å². The Morgan fingerprint density at radius 1 is 0.943 bits per heavy atom. The molecule has 0 bridgehead atoms. The number of H-pyrrole nitrogens is 1. The minimum absolute atomic E-state index is 0.245. The number of ether oxygens (including phenoxy) is 1. The highest BCUT2D eigenvalue weighted by Crippen LogP contribution is 2.24. The van der Waals surface area contributed by atoms with Crippen LogP contribution in [0.2, 0.25) is 0 Å². The number of aromatic amines is 1. The lowest BCUT2D eigenvalue weighted by atomic mass is 10.1. The molecule has 1 unspecified atom stereocenters. The van der Waals surface area contributed by atoms with Gasteiger partial charge in [0, 0.05) is 11.1 Å². The summed E-state index contributed by atoms with van der Waals surface area (Å²) < 4.78 is 11.1. The molecular formula is C24H19N7O4. The molecule has 1 atom stereocenters. The summed E-state index contributed by atoms with van der Waals surface area (Å²) >= 11 is 0. The summed E-state index contributed by atoms with van der Waals surface area (Å²) in [5.41, 5.74) is 3.74. The third kappa shape index (κ3) is 4.60. The van der Waals surface area contributed by atoms with Crippen LogP contribution in [0.15, 0.2) is 65.6 Å². The normalized spacial score (nSPS) is 11.8. The highest BCUT2D eigenvalue weighted by molar-refractivity contribution is 6.00. The van der Waals surface area contributed by atoms with Crippen LogP contribution < -0.4 is 5.32 Å². The van der Waals surface area contributed by atoms with Gasteiger partial charge in [0.25, 0.3) is 5.91 Å². The van der Waals surface area contributed by atoms with Crippen molar-refractivity contribution in [2.24, 2.45) is 0 Å². The average molecular weight is 469 g/mol. The maximum atomic E-state index is 12.6. The Morgan fingerprint density at radius 3 is 2.29 bits per heavy atom. The quantitative estimate of drug-likeness (QED) is 0.356. The largest absolute Gasteiger partial charge is 0.449 e. The SMILES string of the molecule is Cc1ccc(-c2nnc(-c3ccc(C(=O)OC(C)C(=O)Nc4ncnc5nc[nH]c45)cc3)o2)cc1. The smallest absolute Gasteiger partial charge is 0.338 e. The summed E-state index contributed by atoms with van der Waals surface area (Å²) in [6.45, 7) is 3.47. The molecule has 174 valence electrons. The third-order valence-corrected chi connectivity index (χ3v) is 5.21. The van der Waals surface area contributed by atoms with Crippen LogP contribution in [0.5, 0.6) is 0 Å². The molecule has 0 radical (unpaired) electrons. The van der Waals surface area contributed by atoms with Gasteiger partial charge >= 0.3 is 5.97 Å². The topological polar surface area (TPSA) is 149 Å². The van der Waals surface area contributed by atoms with E-state index in [1.165, 1.54) is 19.6 Å². The maximum absolute atomic E-state index is 12.6. The fraction of sp³-hybridized carbons (Fsp3) is 0.125. The number of fused-ring (bicyclic) bond motifs is 1. The average Bonchev–Trinajstić information content (AvgIpc) is 3.55. The van der Waals surface area contributed by atoms with Crippen molar-refractivity contribution >= 4 is 28.9 Å². The van der Waals surface area contributed by atoms with Crippen molar-refractivity contribution in [2.75, 3.05) is 5.32 Å². The molecule has 0 saturated heterocycles. The predicted molar refractivity (Wildman–Crippen MR) is 125 cm³/mol. The molecule has 1 amide bonds. The number of nitrogens with one attached hydrogen (secondary N) is 2. The van der Waals surface area contributed by atoms with E-state index in [2.05, 4.69) is 35.5 Å². The summed E-state index contributed by atoms with van der Waals surface area (Å²) in [4.78, 5) is 39.9. The van der Waals surface area contributed by atoms with Gasteiger partial charge < -0.3 is 19.5 Å². The number of benzene rings is 2. The van der Waals surface area contributed by atoms with Crippen LogP contribution in [0.25, 0.3) is 34.1 Å². The summed E-state index contributed by atoms with van der Waals surface area (Å²) in [5.74, 6) is -0.226. The van der Waals surface area contributed by atoms with Gasteiger partial charge in [-0.3, -0.25) is 4.79 Å². The lowest BCUT2D eigenvalue weighted by molar-refractivity contribution is -0.123. The Kier molecular flexibility index (Phi) is 5.71. The lowest BCUT2D eigenvalue weighted by Gasteiger charge is -2.13. The fourth-order valence-electron chi connectivity index (χ4n) is 3.26. The molecule has 2 aromatic carbocycles. The second-order valence-electron chi connectivity index (χ2n) is 7.72. The number of aromatic nitrogens is 6. The van der Waals surface area contributed by atoms with E-state index >= 15 is 0 Å². The molecule has 0 aliphatic heterocycles. The van der Waals surface area contributed by atoms with Crippen molar-refractivity contribution in [3.8, 4) is 22.9 Å². The Balaban J connectivity index is 1.23. The van der Waals surface area contributed by atoms with Crippen LogP contribution in [-0.4, -0.2) is 48.1 Å². The van der Waals surface area contributed by atoms with Crippen molar-refractivity contribution in [2.45, 2.75) is 20.0 Å². The van der Waals surface area contributed by atoms with E-state index in [9.17, 15) is 9.59 Å². The maximum Gasteiger partial charge on any atom is 0.338 e. The molecule has 11 nitrogen and oxygen atoms in total. The van der Waals surface area contributed by atoms with E-state index in [-0.39, 0.29) is 11.4 Å². The first-order valence-corrected chi connectivity index (χ1v) is 10.6. The van der Waals surface area contributed by atoms with Crippen molar-refractivity contribution in [1.29, 1.82) is 0 Å². The van der Waals surface area contributed by atoms with Crippen LogP contribution in [0, 0.1) is 6.92 Å². The number of amides is 1. The van der Waals surface area contributed by atoms with Crippen molar-refractivity contribution in [3.05, 3.63) is 72.3 Å². The summed E-state index contributed by atoms with van der Waals surface area (Å²) in [6, 6.07) is 14.2. The second-order valence-corrected chi connectivity index (χ2v) is 7.72. The summed E-state index contributed by atoms with van der Waals surface area (Å²) in [6.07, 6.45) is 1.66. The van der Waals surface area contributed by atoms with Gasteiger partial charge in [0.15, 0.2) is 17.6 Å². The predicted octanol–water partition coefficient (Wildman–Crippen LogP) is 3.56. The minimum Gasteiger partial charge on any atom is -0.449 e. The highest BCUT2D eigenvalue weighted by atomic mass is 16.5. The number of hydrogen-bond acceptors (Lipinski definition) is 9. The van der Waals surface area contributed by atoms with E-state index < -0.39 is 18.0 Å². The molecule has 5 rings (SSSR count). The summed E-state index contributed by atoms with van der Waals surface area (Å²) in [7, 11) is 0. The zero-order valence-corrected chi connectivity index (χ0v) is 18.7. The van der Waals surface area contributed by atoms with Crippen molar-refractivity contribution in [1.82, 2.24) is 30.1 Å². The molecule has 3 aromatic heterocycles. The summed E-state index contributed by atoms with van der Waals surface area (Å²) in [5, 5.41) is 10.8. The monoisotopic (exact) mass is 469 g/mol. The minimum atomic E-state index is -1.07. The fourth-order valence-corrected chi connectivity index (χ4v) is 3.26. The van der Waals surface area contributed by atoms with Crippen LogP contribution in [-0.2, 0) is 9.53 Å². The zero-order valence-electron chi connectivity index (χ0n) is 18.7. The molecule has 2 N–H and O–H groups in total. The standard InChI is InChI=1S/C24H19N7O4/c1-13-3-5-15(6-4-13)22-30-31-23(35-22)16-7-9-17(10-8-16)24(33)34-14(2)21(32)29-20-18-19(26-11-25-18)27-12-28-20/h3-12,14H,1-2H3,(H2,25,26,27,28,29,32). The van der Waals surface area contributed by atoms with Gasteiger partial charge in [-0.15, -0.1) is 10.2 Å². The number of carbonyl (C=O) groups is 2. The number of hydrogen-bond donors (Lipinski definition) is 2. The van der Waals surface area contributed by atoms with E-state index in [4.69, 9.17) is 9.15 Å². The van der Waals surface area contributed by atoms with Gasteiger partial charge in [0.1, 0.15) is 11.8 Å². The Hall–Kier alpha value is -4.93. The molecular weight excluding hydrogens is 450 g/mol. The van der Waals surface area contributed by atoms with E-state index in [0.29, 0.717) is 28.5 Å². The molecule has 11 heteroatoms. The van der Waals surface area contributed by atoms with Gasteiger partial charge in [0.2, 0.25) is 11.8 Å². The Labute approximate surface area is 198 Å². The van der Waals surface area contributed by atoms with E-state index in [0.717, 1.165) is 11.1 Å². The Bertz CT molecular complexity index is 1510.